The molecule has 3 N–H and O–H groups in total. The van der Waals surface area contributed by atoms with Gasteiger partial charge in [-0.2, -0.15) is 0 Å². The first-order valence-electron chi connectivity index (χ1n) is 10.6. The van der Waals surface area contributed by atoms with Gasteiger partial charge in [0.15, 0.2) is 0 Å². The quantitative estimate of drug-likeness (QED) is 0.401. The van der Waals surface area contributed by atoms with Crippen molar-refractivity contribution in [3.8, 4) is 11.1 Å². The zero-order valence-electron chi connectivity index (χ0n) is 18.6. The fourth-order valence-corrected chi connectivity index (χ4v) is 4.51. The number of carboxylic acids is 1. The van der Waals surface area contributed by atoms with Gasteiger partial charge < -0.3 is 20.5 Å². The van der Waals surface area contributed by atoms with Crippen molar-refractivity contribution in [3.63, 3.8) is 0 Å². The average Bonchev–Trinajstić information content (AvgIpc) is 3.10. The van der Waals surface area contributed by atoms with Crippen LogP contribution in [0.25, 0.3) is 11.1 Å². The van der Waals surface area contributed by atoms with E-state index in [-0.39, 0.29) is 18.1 Å². The van der Waals surface area contributed by atoms with E-state index in [0.29, 0.717) is 10.2 Å². The Morgan fingerprint density at radius 1 is 0.971 bits per heavy atom. The summed E-state index contributed by atoms with van der Waals surface area (Å²) in [6, 6.07) is 20.4. The van der Waals surface area contributed by atoms with Gasteiger partial charge in [-0.1, -0.05) is 64.5 Å². The number of hydrogen-bond donors (Lipinski definition) is 3. The summed E-state index contributed by atoms with van der Waals surface area (Å²) in [5.41, 5.74) is 3.44. The van der Waals surface area contributed by atoms with E-state index in [2.05, 4.69) is 38.7 Å². The van der Waals surface area contributed by atoms with Gasteiger partial charge >= 0.3 is 12.1 Å². The van der Waals surface area contributed by atoms with Gasteiger partial charge in [0, 0.05) is 16.1 Å². The molecule has 4 rings (SSSR count). The van der Waals surface area contributed by atoms with Crippen LogP contribution in [0.4, 0.5) is 10.5 Å². The SMILES string of the molecule is CC(C)(NC(=O)OCC1c2ccccc2-c2ccccc21)C(=O)Nc1cc(Br)cc(C(=O)O)c1. The second-order valence-corrected chi connectivity index (χ2v) is 9.48. The van der Waals surface area contributed by atoms with Crippen molar-refractivity contribution >= 4 is 39.6 Å². The maximum Gasteiger partial charge on any atom is 0.408 e. The number of halogens is 1. The standard InChI is InChI=1S/C26H23BrN2O5/c1-26(2,24(32)28-17-12-15(23(30)31)11-16(27)13-17)29-25(33)34-14-22-20-9-5-3-7-18(20)19-8-4-6-10-21(19)22/h3-13,22H,14H2,1-2H3,(H,28,32)(H,29,33)(H,30,31). The van der Waals surface area contributed by atoms with Crippen LogP contribution in [0.15, 0.2) is 71.2 Å². The predicted octanol–water partition coefficient (Wildman–Crippen LogP) is 5.40. The maximum atomic E-state index is 12.8. The lowest BCUT2D eigenvalue weighted by Crippen LogP contribution is -2.52. The highest BCUT2D eigenvalue weighted by Gasteiger charge is 2.32. The highest BCUT2D eigenvalue weighted by molar-refractivity contribution is 9.10. The number of rotatable bonds is 6. The predicted molar refractivity (Wildman–Crippen MR) is 132 cm³/mol. The fourth-order valence-electron chi connectivity index (χ4n) is 4.02. The van der Waals surface area contributed by atoms with Gasteiger partial charge in [-0.15, -0.1) is 0 Å². The van der Waals surface area contributed by atoms with E-state index in [1.165, 1.54) is 12.1 Å². The first-order valence-corrected chi connectivity index (χ1v) is 11.4. The van der Waals surface area contributed by atoms with Crippen LogP contribution in [0, 0.1) is 0 Å². The Morgan fingerprint density at radius 2 is 1.56 bits per heavy atom. The Bertz CT molecular complexity index is 1240. The summed E-state index contributed by atoms with van der Waals surface area (Å²) in [6.07, 6.45) is -0.720. The minimum absolute atomic E-state index is 0.0203. The molecular formula is C26H23BrN2O5. The van der Waals surface area contributed by atoms with Crippen molar-refractivity contribution in [2.75, 3.05) is 11.9 Å². The summed E-state index contributed by atoms with van der Waals surface area (Å²) in [5, 5.41) is 14.5. The highest BCUT2D eigenvalue weighted by Crippen LogP contribution is 2.44. The first kappa shape index (κ1) is 23.5. The number of alkyl carbamates (subject to hydrolysis) is 1. The van der Waals surface area contributed by atoms with Gasteiger partial charge in [0.05, 0.1) is 5.56 Å². The molecule has 1 aliphatic rings. The Labute approximate surface area is 205 Å². The number of fused-ring (bicyclic) bond motifs is 3. The molecule has 0 atom stereocenters. The summed E-state index contributed by atoms with van der Waals surface area (Å²) in [6.45, 7) is 3.21. The molecule has 174 valence electrons. The molecule has 3 aromatic rings. The molecule has 0 aromatic heterocycles. The molecule has 3 aromatic carbocycles. The van der Waals surface area contributed by atoms with E-state index in [0.717, 1.165) is 22.3 Å². The summed E-state index contributed by atoms with van der Waals surface area (Å²) in [4.78, 5) is 36.7. The average molecular weight is 523 g/mol. The molecule has 0 unspecified atom stereocenters. The minimum atomic E-state index is -1.31. The molecule has 0 heterocycles. The minimum Gasteiger partial charge on any atom is -0.478 e. The molecule has 0 spiro atoms. The molecule has 0 fully saturated rings. The molecule has 0 saturated heterocycles. The Balaban J connectivity index is 1.41. The third-order valence-corrected chi connectivity index (χ3v) is 6.19. The zero-order valence-corrected chi connectivity index (χ0v) is 20.2. The summed E-state index contributed by atoms with van der Waals surface area (Å²) in [5.74, 6) is -1.73. The van der Waals surface area contributed by atoms with E-state index in [1.807, 2.05) is 36.4 Å². The molecular weight excluding hydrogens is 500 g/mol. The molecule has 7 nitrogen and oxygen atoms in total. The van der Waals surface area contributed by atoms with Crippen molar-refractivity contribution in [2.45, 2.75) is 25.3 Å². The van der Waals surface area contributed by atoms with Crippen LogP contribution >= 0.6 is 15.9 Å². The number of anilines is 1. The van der Waals surface area contributed by atoms with Crippen molar-refractivity contribution in [3.05, 3.63) is 87.9 Å². The topological polar surface area (TPSA) is 105 Å². The lowest BCUT2D eigenvalue weighted by Gasteiger charge is -2.25. The molecule has 0 radical (unpaired) electrons. The molecule has 1 aliphatic carbocycles. The van der Waals surface area contributed by atoms with E-state index in [9.17, 15) is 19.5 Å². The zero-order chi connectivity index (χ0) is 24.5. The number of ether oxygens (including phenoxy) is 1. The van der Waals surface area contributed by atoms with Crippen LogP contribution in [0.2, 0.25) is 0 Å². The first-order chi connectivity index (χ1) is 16.2. The molecule has 0 saturated carbocycles. The van der Waals surface area contributed by atoms with Crippen molar-refractivity contribution in [1.82, 2.24) is 5.32 Å². The maximum absolute atomic E-state index is 12.8. The highest BCUT2D eigenvalue weighted by atomic mass is 79.9. The summed E-state index contributed by atoms with van der Waals surface area (Å²) in [7, 11) is 0. The van der Waals surface area contributed by atoms with E-state index < -0.39 is 23.5 Å². The Kier molecular flexibility index (Phi) is 6.43. The van der Waals surface area contributed by atoms with Crippen molar-refractivity contribution < 1.29 is 24.2 Å². The van der Waals surface area contributed by atoms with Crippen LogP contribution in [0.3, 0.4) is 0 Å². The number of amides is 2. The van der Waals surface area contributed by atoms with Crippen molar-refractivity contribution in [2.24, 2.45) is 0 Å². The molecule has 0 aliphatic heterocycles. The van der Waals surface area contributed by atoms with E-state index in [1.54, 1.807) is 19.9 Å². The van der Waals surface area contributed by atoms with Gasteiger partial charge in [-0.25, -0.2) is 9.59 Å². The normalized spacial score (nSPS) is 12.4. The smallest absolute Gasteiger partial charge is 0.408 e. The van der Waals surface area contributed by atoms with Gasteiger partial charge in [-0.3, -0.25) is 4.79 Å². The number of carboxylic acid groups (broad SMARTS) is 1. The summed E-state index contributed by atoms with van der Waals surface area (Å²) < 4.78 is 6.03. The number of carbonyl (C=O) groups excluding carboxylic acids is 2. The van der Waals surface area contributed by atoms with Gasteiger partial charge in [-0.05, 0) is 54.3 Å². The molecule has 8 heteroatoms. The van der Waals surface area contributed by atoms with Crippen LogP contribution in [-0.4, -0.2) is 35.2 Å². The fraction of sp³-hybridized carbons (Fsp3) is 0.192. The Morgan fingerprint density at radius 3 is 2.15 bits per heavy atom. The number of benzene rings is 3. The van der Waals surface area contributed by atoms with Crippen molar-refractivity contribution in [1.29, 1.82) is 0 Å². The second kappa shape index (κ2) is 9.30. The third-order valence-electron chi connectivity index (χ3n) is 5.73. The van der Waals surface area contributed by atoms with E-state index in [4.69, 9.17) is 4.74 Å². The van der Waals surface area contributed by atoms with Crippen LogP contribution < -0.4 is 10.6 Å². The van der Waals surface area contributed by atoms with Gasteiger partial charge in [0.25, 0.3) is 0 Å². The summed E-state index contributed by atoms with van der Waals surface area (Å²) >= 11 is 3.23. The number of hydrogen-bond acceptors (Lipinski definition) is 4. The second-order valence-electron chi connectivity index (χ2n) is 8.56. The monoisotopic (exact) mass is 522 g/mol. The number of nitrogens with one attached hydrogen (secondary N) is 2. The lowest BCUT2D eigenvalue weighted by atomic mass is 9.98. The number of carbonyl (C=O) groups is 3. The number of aromatic carboxylic acids is 1. The van der Waals surface area contributed by atoms with Gasteiger partial charge in [0.1, 0.15) is 12.1 Å². The molecule has 2 amide bonds. The third kappa shape index (κ3) is 4.82. The van der Waals surface area contributed by atoms with Crippen LogP contribution in [0.5, 0.6) is 0 Å². The van der Waals surface area contributed by atoms with Crippen LogP contribution in [0.1, 0.15) is 41.3 Å². The largest absolute Gasteiger partial charge is 0.478 e. The Hall–Kier alpha value is -3.65. The van der Waals surface area contributed by atoms with E-state index >= 15 is 0 Å². The van der Waals surface area contributed by atoms with Crippen LogP contribution in [-0.2, 0) is 9.53 Å². The molecule has 34 heavy (non-hydrogen) atoms. The lowest BCUT2D eigenvalue weighted by molar-refractivity contribution is -0.121. The molecule has 0 bridgehead atoms. The van der Waals surface area contributed by atoms with Gasteiger partial charge in [0.2, 0.25) is 5.91 Å².